The molecule has 0 aromatic carbocycles. The molecule has 0 aromatic rings. The van der Waals surface area contributed by atoms with Crippen LogP contribution in [-0.2, 0) is 23.9 Å². The number of fused-ring (bicyclic) bond motifs is 5. The third-order valence-electron chi connectivity index (χ3n) is 10.9. The fourth-order valence-electron chi connectivity index (χ4n) is 9.48. The Balaban J connectivity index is 1.92. The van der Waals surface area contributed by atoms with Crippen molar-refractivity contribution in [3.05, 3.63) is 11.6 Å². The number of carbonyl (C=O) groups is 4. The first-order valence-electron chi connectivity index (χ1n) is 12.8. The monoisotopic (exact) mass is 472 g/mol. The van der Waals surface area contributed by atoms with Gasteiger partial charge in [-0.25, -0.2) is 0 Å². The van der Waals surface area contributed by atoms with Crippen LogP contribution in [0.15, 0.2) is 11.6 Å². The van der Waals surface area contributed by atoms with E-state index in [1.54, 1.807) is 0 Å². The number of hydrogen-bond donors (Lipinski definition) is 1. The number of esters is 1. The minimum atomic E-state index is -0.879. The fraction of sp³-hybridized carbons (Fsp3) is 0.786. The third kappa shape index (κ3) is 3.19. The van der Waals surface area contributed by atoms with Gasteiger partial charge in [0, 0.05) is 17.9 Å². The number of hydrogen-bond acceptors (Lipinski definition) is 5. The molecule has 0 heterocycles. The molecule has 188 valence electrons. The second-order valence-corrected chi connectivity index (χ2v) is 12.7. The molecule has 34 heavy (non-hydrogen) atoms. The number of rotatable bonds is 4. The Bertz CT molecular complexity index is 949. The normalized spacial score (nSPS) is 45.0. The van der Waals surface area contributed by atoms with E-state index in [2.05, 4.69) is 20.8 Å². The molecule has 0 aliphatic heterocycles. The van der Waals surface area contributed by atoms with Crippen molar-refractivity contribution in [2.75, 3.05) is 0 Å². The van der Waals surface area contributed by atoms with Gasteiger partial charge in [-0.1, -0.05) is 40.2 Å². The van der Waals surface area contributed by atoms with E-state index in [-0.39, 0.29) is 34.4 Å². The molecule has 6 heteroatoms. The zero-order valence-electron chi connectivity index (χ0n) is 21.5. The molecular formula is C28H40O6. The molecule has 0 aromatic heterocycles. The van der Waals surface area contributed by atoms with Crippen LogP contribution in [0.4, 0.5) is 0 Å². The molecule has 4 aliphatic rings. The maximum Gasteiger partial charge on any atom is 0.310 e. The van der Waals surface area contributed by atoms with Crippen molar-refractivity contribution in [1.82, 2.24) is 0 Å². The molecule has 8 atom stereocenters. The summed E-state index contributed by atoms with van der Waals surface area (Å²) in [6.07, 6.45) is 7.37. The van der Waals surface area contributed by atoms with Crippen LogP contribution in [0.1, 0.15) is 86.5 Å². The zero-order chi connectivity index (χ0) is 25.3. The average molecular weight is 473 g/mol. The Labute approximate surface area is 202 Å². The highest BCUT2D eigenvalue weighted by Crippen LogP contribution is 2.73. The molecule has 0 radical (unpaired) electrons. The van der Waals surface area contributed by atoms with Gasteiger partial charge in [-0.2, -0.15) is 0 Å². The highest BCUT2D eigenvalue weighted by atomic mass is 16.5. The second-order valence-electron chi connectivity index (χ2n) is 12.7. The Morgan fingerprint density at radius 2 is 1.71 bits per heavy atom. The van der Waals surface area contributed by atoms with Crippen molar-refractivity contribution >= 4 is 24.0 Å². The molecule has 1 N–H and O–H groups in total. The smallest absolute Gasteiger partial charge is 0.310 e. The lowest BCUT2D eigenvalue weighted by atomic mass is 9.34. The van der Waals surface area contributed by atoms with Gasteiger partial charge in [0.15, 0.2) is 5.78 Å². The maximum absolute atomic E-state index is 13.2. The number of carboxylic acid groups (broad SMARTS) is 1. The van der Waals surface area contributed by atoms with Gasteiger partial charge < -0.3 is 14.6 Å². The first-order valence-corrected chi connectivity index (χ1v) is 12.8. The van der Waals surface area contributed by atoms with Gasteiger partial charge >= 0.3 is 11.9 Å². The van der Waals surface area contributed by atoms with Crippen LogP contribution < -0.4 is 0 Å². The highest BCUT2D eigenvalue weighted by molar-refractivity contribution is 5.97. The quantitative estimate of drug-likeness (QED) is 0.457. The Morgan fingerprint density at radius 1 is 1.03 bits per heavy atom. The van der Waals surface area contributed by atoms with Gasteiger partial charge in [-0.3, -0.25) is 14.4 Å². The first-order chi connectivity index (χ1) is 15.8. The maximum atomic E-state index is 13.2. The Morgan fingerprint density at radius 3 is 2.26 bits per heavy atom. The third-order valence-corrected chi connectivity index (χ3v) is 10.9. The van der Waals surface area contributed by atoms with Crippen LogP contribution in [0.2, 0.25) is 0 Å². The summed E-state index contributed by atoms with van der Waals surface area (Å²) < 4.78 is 5.95. The summed E-state index contributed by atoms with van der Waals surface area (Å²) >= 11 is 0. The summed E-state index contributed by atoms with van der Waals surface area (Å²) in [7, 11) is 0. The summed E-state index contributed by atoms with van der Waals surface area (Å²) in [6.45, 7) is 11.5. The van der Waals surface area contributed by atoms with E-state index < -0.39 is 34.8 Å². The lowest BCUT2D eigenvalue weighted by Gasteiger charge is -2.69. The molecule has 0 unspecified atom stereocenters. The SMILES string of the molecule is CC(=O)O[C@H]1C[C@H]2[C@@](C)(CC[C@H]3C(C)(C)CCC[C@@]32C(=O)O)[C@@H]2CC=C(C(C)=O)[C@H](C=O)[C@@]12C. The van der Waals surface area contributed by atoms with Gasteiger partial charge in [0.05, 0.1) is 11.3 Å². The van der Waals surface area contributed by atoms with Gasteiger partial charge in [-0.15, -0.1) is 0 Å². The number of Topliss-reactive ketones (excluding diaryl/α,β-unsaturated/α-hetero) is 1. The van der Waals surface area contributed by atoms with E-state index in [4.69, 9.17) is 4.74 Å². The van der Waals surface area contributed by atoms with Gasteiger partial charge in [0.25, 0.3) is 0 Å². The van der Waals surface area contributed by atoms with Crippen molar-refractivity contribution < 1.29 is 29.0 Å². The van der Waals surface area contributed by atoms with Gasteiger partial charge in [0.1, 0.15) is 12.4 Å². The molecule has 0 amide bonds. The predicted molar refractivity (Wildman–Crippen MR) is 127 cm³/mol. The summed E-state index contributed by atoms with van der Waals surface area (Å²) in [5.74, 6) is -2.15. The van der Waals surface area contributed by atoms with E-state index in [0.29, 0.717) is 24.8 Å². The molecule has 4 aliphatic carbocycles. The van der Waals surface area contributed by atoms with E-state index in [1.807, 2.05) is 13.0 Å². The Hall–Kier alpha value is -1.98. The summed E-state index contributed by atoms with van der Waals surface area (Å²) in [6, 6.07) is 0. The van der Waals surface area contributed by atoms with Gasteiger partial charge in [-0.05, 0) is 74.0 Å². The number of carbonyl (C=O) groups excluding carboxylic acids is 3. The minimum Gasteiger partial charge on any atom is -0.481 e. The van der Waals surface area contributed by atoms with E-state index >= 15 is 0 Å². The number of carboxylic acids is 1. The summed E-state index contributed by atoms with van der Waals surface area (Å²) in [5, 5.41) is 10.8. The molecular weight excluding hydrogens is 432 g/mol. The van der Waals surface area contributed by atoms with Gasteiger partial charge in [0.2, 0.25) is 0 Å². The first kappa shape index (κ1) is 25.1. The second kappa shape index (κ2) is 8.03. The molecule has 6 nitrogen and oxygen atoms in total. The van der Waals surface area contributed by atoms with E-state index in [0.717, 1.165) is 32.0 Å². The van der Waals surface area contributed by atoms with Crippen molar-refractivity contribution in [3.8, 4) is 0 Å². The zero-order valence-corrected chi connectivity index (χ0v) is 21.5. The summed E-state index contributed by atoms with van der Waals surface area (Å²) in [5.41, 5.74) is -1.56. The van der Waals surface area contributed by atoms with Crippen molar-refractivity contribution in [2.24, 2.45) is 45.3 Å². The predicted octanol–water partition coefficient (Wildman–Crippen LogP) is 4.99. The largest absolute Gasteiger partial charge is 0.481 e. The van der Waals surface area contributed by atoms with Crippen LogP contribution in [0.3, 0.4) is 0 Å². The highest BCUT2D eigenvalue weighted by Gasteiger charge is 2.72. The average Bonchev–Trinajstić information content (AvgIpc) is 2.72. The molecule has 4 rings (SSSR count). The number of aldehydes is 1. The minimum absolute atomic E-state index is 0.0560. The molecule has 0 spiro atoms. The molecule has 3 fully saturated rings. The van der Waals surface area contributed by atoms with E-state index in [9.17, 15) is 24.3 Å². The van der Waals surface area contributed by atoms with Crippen molar-refractivity contribution in [3.63, 3.8) is 0 Å². The summed E-state index contributed by atoms with van der Waals surface area (Å²) in [4.78, 5) is 50.4. The van der Waals surface area contributed by atoms with Crippen LogP contribution >= 0.6 is 0 Å². The number of ketones is 1. The fourth-order valence-corrected chi connectivity index (χ4v) is 9.48. The molecule has 3 saturated carbocycles. The molecule has 0 bridgehead atoms. The van der Waals surface area contributed by atoms with Crippen LogP contribution in [0.5, 0.6) is 0 Å². The number of allylic oxidation sites excluding steroid dienone is 2. The lowest BCUT2D eigenvalue weighted by Crippen LogP contribution is -2.69. The van der Waals surface area contributed by atoms with Crippen molar-refractivity contribution in [1.29, 1.82) is 0 Å². The van der Waals surface area contributed by atoms with Crippen molar-refractivity contribution in [2.45, 2.75) is 92.6 Å². The van der Waals surface area contributed by atoms with Crippen LogP contribution in [-0.4, -0.2) is 35.2 Å². The van der Waals surface area contributed by atoms with E-state index in [1.165, 1.54) is 13.8 Å². The van der Waals surface area contributed by atoms with Crippen LogP contribution in [0.25, 0.3) is 0 Å². The number of aliphatic carboxylic acids is 1. The Kier molecular flexibility index (Phi) is 5.93. The lowest BCUT2D eigenvalue weighted by molar-refractivity contribution is -0.244. The topological polar surface area (TPSA) is 97.7 Å². The standard InChI is InChI=1S/C28H40O6/c1-16(30)18-8-9-21-26(5)13-10-20-25(3,4)11-7-12-28(20,24(32)33)22(26)14-23(34-17(2)31)27(21,6)19(18)15-29/h8,15,19-23H,7,9-14H2,1-6H3,(H,32,33)/t19-,20-,21-,22-,23-,26-,27+,28+/m0/s1. The van der Waals surface area contributed by atoms with Crippen LogP contribution in [0, 0.1) is 45.3 Å². The molecule has 0 saturated heterocycles. The number of ether oxygens (including phenoxy) is 1.